The van der Waals surface area contributed by atoms with Gasteiger partial charge in [-0.15, -0.1) is 0 Å². The third-order valence-electron chi connectivity index (χ3n) is 3.10. The SMILES string of the molecule is CCOCCCNc1nc(C)cn1C1CCOC1. The monoisotopic (exact) mass is 253 g/mol. The normalized spacial score (nSPS) is 19.3. The number of hydrogen-bond acceptors (Lipinski definition) is 4. The highest BCUT2D eigenvalue weighted by molar-refractivity contribution is 5.29. The third kappa shape index (κ3) is 3.46. The highest BCUT2D eigenvalue weighted by Gasteiger charge is 2.20. The lowest BCUT2D eigenvalue weighted by atomic mass is 10.2. The molecule has 0 bridgehead atoms. The van der Waals surface area contributed by atoms with E-state index in [1.807, 2.05) is 13.8 Å². The molecule has 18 heavy (non-hydrogen) atoms. The number of anilines is 1. The van der Waals surface area contributed by atoms with Gasteiger partial charge in [0.05, 0.1) is 18.3 Å². The van der Waals surface area contributed by atoms with E-state index < -0.39 is 0 Å². The molecule has 0 radical (unpaired) electrons. The fourth-order valence-corrected chi connectivity index (χ4v) is 2.19. The molecule has 1 aromatic rings. The smallest absolute Gasteiger partial charge is 0.203 e. The summed E-state index contributed by atoms with van der Waals surface area (Å²) in [4.78, 5) is 4.53. The summed E-state index contributed by atoms with van der Waals surface area (Å²) < 4.78 is 13.0. The standard InChI is InChI=1S/C13H23N3O2/c1-3-17-7-4-6-14-13-15-11(2)9-16(13)12-5-8-18-10-12/h9,12H,3-8,10H2,1-2H3,(H,14,15). The summed E-state index contributed by atoms with van der Waals surface area (Å²) in [6.45, 7) is 8.17. The van der Waals surface area contributed by atoms with E-state index in [0.717, 1.165) is 57.5 Å². The van der Waals surface area contributed by atoms with Gasteiger partial charge >= 0.3 is 0 Å². The molecule has 1 atom stereocenters. The van der Waals surface area contributed by atoms with Gasteiger partial charge in [-0.25, -0.2) is 4.98 Å². The molecule has 0 saturated carbocycles. The van der Waals surface area contributed by atoms with Crippen LogP contribution in [0.25, 0.3) is 0 Å². The van der Waals surface area contributed by atoms with Crippen molar-refractivity contribution in [1.29, 1.82) is 0 Å². The largest absolute Gasteiger partial charge is 0.382 e. The molecule has 2 rings (SSSR count). The Morgan fingerprint density at radius 1 is 1.61 bits per heavy atom. The molecule has 5 nitrogen and oxygen atoms in total. The highest BCUT2D eigenvalue weighted by Crippen LogP contribution is 2.23. The summed E-state index contributed by atoms with van der Waals surface area (Å²) in [5.74, 6) is 0.958. The molecular weight excluding hydrogens is 230 g/mol. The van der Waals surface area contributed by atoms with Crippen molar-refractivity contribution in [2.24, 2.45) is 0 Å². The third-order valence-corrected chi connectivity index (χ3v) is 3.10. The zero-order valence-electron chi connectivity index (χ0n) is 11.3. The summed E-state index contributed by atoms with van der Waals surface area (Å²) in [5, 5.41) is 3.39. The second kappa shape index (κ2) is 6.75. The number of hydrogen-bond donors (Lipinski definition) is 1. The van der Waals surface area contributed by atoms with E-state index in [4.69, 9.17) is 9.47 Å². The van der Waals surface area contributed by atoms with Crippen molar-refractivity contribution in [2.45, 2.75) is 32.7 Å². The Morgan fingerprint density at radius 2 is 2.50 bits per heavy atom. The maximum Gasteiger partial charge on any atom is 0.203 e. The van der Waals surface area contributed by atoms with Gasteiger partial charge in [0.15, 0.2) is 0 Å². The van der Waals surface area contributed by atoms with Crippen molar-refractivity contribution in [2.75, 3.05) is 38.3 Å². The average Bonchev–Trinajstić information content (AvgIpc) is 2.98. The lowest BCUT2D eigenvalue weighted by Crippen LogP contribution is -2.14. The maximum atomic E-state index is 5.44. The molecule has 1 aromatic heterocycles. The van der Waals surface area contributed by atoms with Crippen molar-refractivity contribution in [3.63, 3.8) is 0 Å². The van der Waals surface area contributed by atoms with Crippen LogP contribution in [0.5, 0.6) is 0 Å². The molecular formula is C13H23N3O2. The van der Waals surface area contributed by atoms with Crippen LogP contribution < -0.4 is 5.32 Å². The predicted molar refractivity (Wildman–Crippen MR) is 71.0 cm³/mol. The van der Waals surface area contributed by atoms with E-state index in [1.165, 1.54) is 0 Å². The minimum Gasteiger partial charge on any atom is -0.382 e. The van der Waals surface area contributed by atoms with Gasteiger partial charge in [-0.05, 0) is 26.7 Å². The van der Waals surface area contributed by atoms with E-state index >= 15 is 0 Å². The van der Waals surface area contributed by atoms with Crippen LogP contribution >= 0.6 is 0 Å². The molecule has 1 N–H and O–H groups in total. The molecule has 2 heterocycles. The fraction of sp³-hybridized carbons (Fsp3) is 0.769. The van der Waals surface area contributed by atoms with Crippen LogP contribution in [0.4, 0.5) is 5.95 Å². The molecule has 0 spiro atoms. The second-order valence-electron chi connectivity index (χ2n) is 4.61. The summed E-state index contributed by atoms with van der Waals surface area (Å²) in [5.41, 5.74) is 1.05. The summed E-state index contributed by atoms with van der Waals surface area (Å²) in [7, 11) is 0. The number of aromatic nitrogens is 2. The van der Waals surface area contributed by atoms with Crippen LogP contribution in [0.1, 0.15) is 31.5 Å². The summed E-state index contributed by atoms with van der Waals surface area (Å²) in [6, 6.07) is 0.431. The summed E-state index contributed by atoms with van der Waals surface area (Å²) in [6.07, 6.45) is 4.18. The quantitative estimate of drug-likeness (QED) is 0.755. The van der Waals surface area contributed by atoms with Crippen molar-refractivity contribution < 1.29 is 9.47 Å². The zero-order valence-corrected chi connectivity index (χ0v) is 11.3. The van der Waals surface area contributed by atoms with E-state index in [2.05, 4.69) is 21.1 Å². The maximum absolute atomic E-state index is 5.44. The molecule has 0 aromatic carbocycles. The van der Waals surface area contributed by atoms with Gasteiger partial charge in [0.1, 0.15) is 0 Å². The van der Waals surface area contributed by atoms with Gasteiger partial charge in [-0.3, -0.25) is 0 Å². The Hall–Kier alpha value is -1.07. The lowest BCUT2D eigenvalue weighted by molar-refractivity contribution is 0.147. The first-order chi connectivity index (χ1) is 8.81. The van der Waals surface area contributed by atoms with E-state index in [9.17, 15) is 0 Å². The van der Waals surface area contributed by atoms with Crippen LogP contribution in [0.3, 0.4) is 0 Å². The number of imidazole rings is 1. The minimum absolute atomic E-state index is 0.431. The van der Waals surface area contributed by atoms with Gasteiger partial charge < -0.3 is 19.4 Å². The average molecular weight is 253 g/mol. The zero-order chi connectivity index (χ0) is 12.8. The first-order valence-electron chi connectivity index (χ1n) is 6.76. The number of rotatable bonds is 7. The van der Waals surface area contributed by atoms with Gasteiger partial charge in [0.2, 0.25) is 5.95 Å². The van der Waals surface area contributed by atoms with Gasteiger partial charge in [-0.2, -0.15) is 0 Å². The fourth-order valence-electron chi connectivity index (χ4n) is 2.19. The lowest BCUT2D eigenvalue weighted by Gasteiger charge is -2.14. The Balaban J connectivity index is 1.86. The first kappa shape index (κ1) is 13.4. The van der Waals surface area contributed by atoms with Gasteiger partial charge in [-0.1, -0.05) is 0 Å². The first-order valence-corrected chi connectivity index (χ1v) is 6.76. The molecule has 1 unspecified atom stereocenters. The van der Waals surface area contributed by atoms with Crippen LogP contribution in [-0.4, -0.2) is 42.5 Å². The van der Waals surface area contributed by atoms with Crippen molar-refractivity contribution in [3.8, 4) is 0 Å². The Labute approximate surface area is 108 Å². The second-order valence-corrected chi connectivity index (χ2v) is 4.61. The summed E-state index contributed by atoms with van der Waals surface area (Å²) >= 11 is 0. The van der Waals surface area contributed by atoms with Crippen LogP contribution in [0.15, 0.2) is 6.20 Å². The van der Waals surface area contributed by atoms with Crippen molar-refractivity contribution >= 4 is 5.95 Å². The highest BCUT2D eigenvalue weighted by atomic mass is 16.5. The van der Waals surface area contributed by atoms with Gasteiger partial charge in [0, 0.05) is 32.6 Å². The van der Waals surface area contributed by atoms with E-state index in [0.29, 0.717) is 6.04 Å². The Bertz CT molecular complexity index is 359. The molecule has 1 fully saturated rings. The number of ether oxygens (including phenoxy) is 2. The van der Waals surface area contributed by atoms with Crippen LogP contribution in [0.2, 0.25) is 0 Å². The Morgan fingerprint density at radius 3 is 3.22 bits per heavy atom. The van der Waals surface area contributed by atoms with Crippen LogP contribution in [0, 0.1) is 6.92 Å². The number of nitrogens with zero attached hydrogens (tertiary/aromatic N) is 2. The molecule has 1 aliphatic heterocycles. The van der Waals surface area contributed by atoms with Gasteiger partial charge in [0.25, 0.3) is 0 Å². The molecule has 0 amide bonds. The number of nitrogens with one attached hydrogen (secondary N) is 1. The van der Waals surface area contributed by atoms with E-state index in [1.54, 1.807) is 0 Å². The molecule has 102 valence electrons. The van der Waals surface area contributed by atoms with E-state index in [-0.39, 0.29) is 0 Å². The van der Waals surface area contributed by atoms with Crippen molar-refractivity contribution in [3.05, 3.63) is 11.9 Å². The van der Waals surface area contributed by atoms with Crippen LogP contribution in [-0.2, 0) is 9.47 Å². The molecule has 0 aliphatic carbocycles. The molecule has 1 saturated heterocycles. The minimum atomic E-state index is 0.431. The Kier molecular flexibility index (Phi) is 5.01. The number of aryl methyl sites for hydroxylation is 1. The topological polar surface area (TPSA) is 48.3 Å². The molecule has 5 heteroatoms. The predicted octanol–water partition coefficient (Wildman–Crippen LogP) is 1.99. The molecule has 1 aliphatic rings. The van der Waals surface area contributed by atoms with Crippen molar-refractivity contribution in [1.82, 2.24) is 9.55 Å².